The molecule has 0 radical (unpaired) electrons. The van der Waals surface area contributed by atoms with Crippen LogP contribution in [0.15, 0.2) is 18.3 Å². The quantitative estimate of drug-likeness (QED) is 0.705. The van der Waals surface area contributed by atoms with E-state index in [1.165, 1.54) is 6.20 Å². The standard InChI is InChI=1S/C10H14N2O3/c1-10(2,6-13)7-3-4-11-8(5-7)12-9(14)15/h3-5,13H,6H2,1-2H3,(H,11,12)(H,14,15). The van der Waals surface area contributed by atoms with Crippen LogP contribution < -0.4 is 5.32 Å². The molecule has 1 amide bonds. The summed E-state index contributed by atoms with van der Waals surface area (Å²) in [6, 6.07) is 3.37. The summed E-state index contributed by atoms with van der Waals surface area (Å²) in [7, 11) is 0. The number of pyridine rings is 1. The van der Waals surface area contributed by atoms with Crippen molar-refractivity contribution in [1.29, 1.82) is 0 Å². The maximum Gasteiger partial charge on any atom is 0.410 e. The largest absolute Gasteiger partial charge is 0.465 e. The number of anilines is 1. The average Bonchev–Trinajstić information content (AvgIpc) is 2.17. The van der Waals surface area contributed by atoms with Gasteiger partial charge in [-0.1, -0.05) is 13.8 Å². The second-order valence-corrected chi connectivity index (χ2v) is 3.90. The molecule has 0 aliphatic rings. The molecule has 0 aromatic carbocycles. The van der Waals surface area contributed by atoms with Crippen LogP contribution in [-0.2, 0) is 5.41 Å². The summed E-state index contributed by atoms with van der Waals surface area (Å²) < 4.78 is 0. The molecule has 0 saturated heterocycles. The van der Waals surface area contributed by atoms with Gasteiger partial charge < -0.3 is 10.2 Å². The molecule has 0 atom stereocenters. The first kappa shape index (κ1) is 11.5. The Morgan fingerprint density at radius 3 is 2.80 bits per heavy atom. The van der Waals surface area contributed by atoms with E-state index in [0.29, 0.717) is 0 Å². The van der Waals surface area contributed by atoms with E-state index in [0.717, 1.165) is 5.56 Å². The van der Waals surface area contributed by atoms with Crippen LogP contribution in [-0.4, -0.2) is 27.9 Å². The van der Waals surface area contributed by atoms with Crippen molar-refractivity contribution in [2.75, 3.05) is 11.9 Å². The SMILES string of the molecule is CC(C)(CO)c1ccnc(NC(=O)O)c1. The minimum absolute atomic E-state index is 0.0104. The van der Waals surface area contributed by atoms with Crippen LogP contribution in [0.4, 0.5) is 10.6 Å². The van der Waals surface area contributed by atoms with Crippen molar-refractivity contribution < 1.29 is 15.0 Å². The van der Waals surface area contributed by atoms with Crippen molar-refractivity contribution in [3.8, 4) is 0 Å². The zero-order valence-corrected chi connectivity index (χ0v) is 8.69. The summed E-state index contributed by atoms with van der Waals surface area (Å²) in [5.41, 5.74) is 0.432. The van der Waals surface area contributed by atoms with Crippen LogP contribution in [0.1, 0.15) is 19.4 Å². The number of rotatable bonds is 3. The van der Waals surface area contributed by atoms with Gasteiger partial charge in [0, 0.05) is 11.6 Å². The van der Waals surface area contributed by atoms with Crippen LogP contribution in [0.25, 0.3) is 0 Å². The van der Waals surface area contributed by atoms with Crippen molar-refractivity contribution in [3.63, 3.8) is 0 Å². The summed E-state index contributed by atoms with van der Waals surface area (Å²) in [6.07, 6.45) is 0.360. The first-order chi connectivity index (χ1) is 6.95. The molecule has 0 saturated carbocycles. The van der Waals surface area contributed by atoms with Gasteiger partial charge in [-0.2, -0.15) is 0 Å². The van der Waals surface area contributed by atoms with Gasteiger partial charge in [0.1, 0.15) is 5.82 Å². The molecule has 0 aliphatic carbocycles. The molecule has 15 heavy (non-hydrogen) atoms. The van der Waals surface area contributed by atoms with E-state index in [4.69, 9.17) is 10.2 Å². The van der Waals surface area contributed by atoms with E-state index in [2.05, 4.69) is 10.3 Å². The van der Waals surface area contributed by atoms with Crippen LogP contribution in [0, 0.1) is 0 Å². The minimum Gasteiger partial charge on any atom is -0.465 e. The highest BCUT2D eigenvalue weighted by atomic mass is 16.4. The number of amides is 1. The normalized spacial score (nSPS) is 11.1. The molecule has 3 N–H and O–H groups in total. The van der Waals surface area contributed by atoms with Crippen LogP contribution >= 0.6 is 0 Å². The predicted molar refractivity (Wildman–Crippen MR) is 56.0 cm³/mol. The maximum absolute atomic E-state index is 10.4. The van der Waals surface area contributed by atoms with E-state index in [1.54, 1.807) is 12.1 Å². The van der Waals surface area contributed by atoms with Gasteiger partial charge >= 0.3 is 6.09 Å². The highest BCUT2D eigenvalue weighted by Crippen LogP contribution is 2.23. The predicted octanol–water partition coefficient (Wildman–Crippen LogP) is 1.44. The highest BCUT2D eigenvalue weighted by molar-refractivity contribution is 5.81. The molecule has 0 aliphatic heterocycles. The molecule has 0 fully saturated rings. The van der Waals surface area contributed by atoms with Crippen molar-refractivity contribution >= 4 is 11.9 Å². The third kappa shape index (κ3) is 2.92. The Kier molecular flexibility index (Phi) is 3.26. The lowest BCUT2D eigenvalue weighted by Gasteiger charge is -2.22. The van der Waals surface area contributed by atoms with Gasteiger partial charge in [-0.25, -0.2) is 9.78 Å². The lowest BCUT2D eigenvalue weighted by atomic mass is 9.86. The van der Waals surface area contributed by atoms with Gasteiger partial charge in [0.25, 0.3) is 0 Å². The number of aromatic nitrogens is 1. The van der Waals surface area contributed by atoms with Crippen molar-refractivity contribution in [3.05, 3.63) is 23.9 Å². The summed E-state index contributed by atoms with van der Waals surface area (Å²) in [4.78, 5) is 14.3. The van der Waals surface area contributed by atoms with Gasteiger partial charge in [-0.15, -0.1) is 0 Å². The first-order valence-corrected chi connectivity index (χ1v) is 4.53. The van der Waals surface area contributed by atoms with Crippen LogP contribution in [0.3, 0.4) is 0 Å². The summed E-state index contributed by atoms with van der Waals surface area (Å²) >= 11 is 0. The Balaban J connectivity index is 2.97. The number of hydrogen-bond donors (Lipinski definition) is 3. The molecular weight excluding hydrogens is 196 g/mol. The zero-order valence-electron chi connectivity index (χ0n) is 8.69. The van der Waals surface area contributed by atoms with Gasteiger partial charge in [0.2, 0.25) is 0 Å². The number of hydrogen-bond acceptors (Lipinski definition) is 3. The Hall–Kier alpha value is -1.62. The van der Waals surface area contributed by atoms with E-state index < -0.39 is 11.5 Å². The second kappa shape index (κ2) is 4.27. The molecule has 0 unspecified atom stereocenters. The van der Waals surface area contributed by atoms with E-state index in [9.17, 15) is 4.79 Å². The van der Waals surface area contributed by atoms with Crippen molar-refractivity contribution in [2.45, 2.75) is 19.3 Å². The smallest absolute Gasteiger partial charge is 0.410 e. The Morgan fingerprint density at radius 2 is 2.27 bits per heavy atom. The lowest BCUT2D eigenvalue weighted by molar-refractivity contribution is 0.209. The number of carbonyl (C=O) groups is 1. The zero-order chi connectivity index (χ0) is 11.5. The lowest BCUT2D eigenvalue weighted by Crippen LogP contribution is -2.22. The fraction of sp³-hybridized carbons (Fsp3) is 0.400. The summed E-state index contributed by atoms with van der Waals surface area (Å²) in [5.74, 6) is 0.265. The van der Waals surface area contributed by atoms with E-state index >= 15 is 0 Å². The Labute approximate surface area is 87.8 Å². The fourth-order valence-electron chi connectivity index (χ4n) is 1.12. The topological polar surface area (TPSA) is 82.5 Å². The van der Waals surface area contributed by atoms with Crippen LogP contribution in [0.5, 0.6) is 0 Å². The van der Waals surface area contributed by atoms with Gasteiger partial charge in [-0.3, -0.25) is 5.32 Å². The minimum atomic E-state index is -1.15. The number of nitrogens with one attached hydrogen (secondary N) is 1. The van der Waals surface area contributed by atoms with E-state index in [-0.39, 0.29) is 12.4 Å². The van der Waals surface area contributed by atoms with E-state index in [1.807, 2.05) is 13.8 Å². The molecule has 0 bridgehead atoms. The number of aliphatic hydroxyl groups excluding tert-OH is 1. The molecule has 1 rings (SSSR count). The fourth-order valence-corrected chi connectivity index (χ4v) is 1.12. The molecule has 5 nitrogen and oxygen atoms in total. The van der Waals surface area contributed by atoms with Crippen molar-refractivity contribution in [1.82, 2.24) is 4.98 Å². The molecule has 1 aromatic rings. The average molecular weight is 210 g/mol. The second-order valence-electron chi connectivity index (χ2n) is 3.90. The van der Waals surface area contributed by atoms with Gasteiger partial charge in [0.15, 0.2) is 0 Å². The molecule has 5 heteroatoms. The monoisotopic (exact) mass is 210 g/mol. The molecular formula is C10H14N2O3. The Morgan fingerprint density at radius 1 is 1.60 bits per heavy atom. The maximum atomic E-state index is 10.4. The third-order valence-electron chi connectivity index (χ3n) is 2.17. The Bertz CT molecular complexity index is 363. The highest BCUT2D eigenvalue weighted by Gasteiger charge is 2.19. The molecule has 82 valence electrons. The molecule has 1 aromatic heterocycles. The van der Waals surface area contributed by atoms with Gasteiger partial charge in [-0.05, 0) is 17.7 Å². The van der Waals surface area contributed by atoms with Crippen molar-refractivity contribution in [2.24, 2.45) is 0 Å². The van der Waals surface area contributed by atoms with Gasteiger partial charge in [0.05, 0.1) is 6.61 Å². The number of aliphatic hydroxyl groups is 1. The molecule has 1 heterocycles. The number of nitrogens with zero attached hydrogens (tertiary/aromatic N) is 1. The number of carboxylic acid groups (broad SMARTS) is 1. The first-order valence-electron chi connectivity index (χ1n) is 4.53. The summed E-state index contributed by atoms with van der Waals surface area (Å²) in [5, 5.41) is 19.8. The molecule has 0 spiro atoms. The summed E-state index contributed by atoms with van der Waals surface area (Å²) in [6.45, 7) is 3.73. The van der Waals surface area contributed by atoms with Crippen LogP contribution in [0.2, 0.25) is 0 Å². The third-order valence-corrected chi connectivity index (χ3v) is 2.17.